The summed E-state index contributed by atoms with van der Waals surface area (Å²) in [5.74, 6) is 0.961. The van der Waals surface area contributed by atoms with E-state index in [1.165, 1.54) is 4.90 Å². The van der Waals surface area contributed by atoms with Crippen molar-refractivity contribution >= 4 is 17.5 Å². The normalized spacial score (nSPS) is 17.5. The van der Waals surface area contributed by atoms with Gasteiger partial charge in [0, 0.05) is 19.6 Å². The summed E-state index contributed by atoms with van der Waals surface area (Å²) in [4.78, 5) is 28.9. The number of morpholine rings is 1. The van der Waals surface area contributed by atoms with Crippen molar-refractivity contribution in [1.29, 1.82) is 0 Å². The number of rotatable bonds is 7. The minimum Gasteiger partial charge on any atom is -0.497 e. The highest BCUT2D eigenvalue weighted by Crippen LogP contribution is 2.31. The van der Waals surface area contributed by atoms with Gasteiger partial charge in [-0.15, -0.1) is 0 Å². The van der Waals surface area contributed by atoms with E-state index in [0.29, 0.717) is 31.2 Å². The molecular weight excluding hydrogens is 398 g/mol. The fourth-order valence-electron chi connectivity index (χ4n) is 3.91. The van der Waals surface area contributed by atoms with Crippen molar-refractivity contribution in [2.24, 2.45) is 0 Å². The summed E-state index contributed by atoms with van der Waals surface area (Å²) < 4.78 is 16.2. The molecule has 4 rings (SSSR count). The number of carbonyl (C=O) groups excluding carboxylic acids is 2. The third kappa shape index (κ3) is 4.98. The van der Waals surface area contributed by atoms with Gasteiger partial charge >= 0.3 is 0 Å². The molecule has 2 aromatic carbocycles. The van der Waals surface area contributed by atoms with E-state index in [9.17, 15) is 9.59 Å². The van der Waals surface area contributed by atoms with Crippen molar-refractivity contribution < 1.29 is 23.8 Å². The van der Waals surface area contributed by atoms with Gasteiger partial charge in [0.15, 0.2) is 6.61 Å². The number of para-hydroxylation sites is 2. The second-order valence-electron chi connectivity index (χ2n) is 7.48. The summed E-state index contributed by atoms with van der Waals surface area (Å²) in [6.07, 6.45) is 0. The molecule has 2 aliphatic heterocycles. The van der Waals surface area contributed by atoms with Crippen molar-refractivity contribution in [2.75, 3.05) is 58.0 Å². The zero-order chi connectivity index (χ0) is 21.6. The van der Waals surface area contributed by atoms with E-state index < -0.39 is 0 Å². The number of nitrogens with zero attached hydrogens (tertiary/aromatic N) is 2. The molecule has 31 heavy (non-hydrogen) atoms. The Labute approximate surface area is 181 Å². The van der Waals surface area contributed by atoms with Gasteiger partial charge in [0.1, 0.15) is 18.0 Å². The zero-order valence-electron chi connectivity index (χ0n) is 17.6. The molecule has 0 saturated carbocycles. The Kier molecular flexibility index (Phi) is 6.69. The Morgan fingerprint density at radius 1 is 1.13 bits per heavy atom. The predicted molar refractivity (Wildman–Crippen MR) is 115 cm³/mol. The van der Waals surface area contributed by atoms with Crippen molar-refractivity contribution in [3.05, 3.63) is 54.1 Å². The standard InChI is InChI=1S/C23H27N3O5/c1-29-18-8-6-17(7-9-18)20(25-10-12-30-13-11-25)14-24-22(27)15-26-19-4-2-3-5-21(19)31-16-23(26)28/h2-9,20H,10-16H2,1H3,(H,24,27)/t20-/m1/s1. The molecule has 8 heteroatoms. The van der Waals surface area contributed by atoms with Gasteiger partial charge in [-0.25, -0.2) is 0 Å². The lowest BCUT2D eigenvalue weighted by Crippen LogP contribution is -2.48. The first kappa shape index (κ1) is 21.1. The van der Waals surface area contributed by atoms with Gasteiger partial charge in [-0.05, 0) is 29.8 Å². The quantitative estimate of drug-likeness (QED) is 0.726. The molecule has 2 heterocycles. The van der Waals surface area contributed by atoms with Crippen LogP contribution in [0.15, 0.2) is 48.5 Å². The molecular formula is C23H27N3O5. The molecule has 1 N–H and O–H groups in total. The Morgan fingerprint density at radius 2 is 1.87 bits per heavy atom. The van der Waals surface area contributed by atoms with Crippen LogP contribution in [0.5, 0.6) is 11.5 Å². The maximum Gasteiger partial charge on any atom is 0.265 e. The van der Waals surface area contributed by atoms with Crippen LogP contribution in [0, 0.1) is 0 Å². The Morgan fingerprint density at radius 3 is 2.61 bits per heavy atom. The van der Waals surface area contributed by atoms with Gasteiger partial charge in [-0.2, -0.15) is 0 Å². The van der Waals surface area contributed by atoms with E-state index in [2.05, 4.69) is 10.2 Å². The van der Waals surface area contributed by atoms with Crippen molar-refractivity contribution in [1.82, 2.24) is 10.2 Å². The van der Waals surface area contributed by atoms with Gasteiger partial charge in [0.05, 0.1) is 32.1 Å². The Hall–Kier alpha value is -3.10. The lowest BCUT2D eigenvalue weighted by Gasteiger charge is -2.35. The lowest BCUT2D eigenvalue weighted by molar-refractivity contribution is -0.125. The van der Waals surface area contributed by atoms with Gasteiger partial charge in [-0.3, -0.25) is 19.4 Å². The summed E-state index contributed by atoms with van der Waals surface area (Å²) in [5, 5.41) is 3.02. The van der Waals surface area contributed by atoms with E-state index in [1.54, 1.807) is 19.2 Å². The molecule has 0 aliphatic carbocycles. The van der Waals surface area contributed by atoms with Gasteiger partial charge in [0.2, 0.25) is 5.91 Å². The molecule has 2 aliphatic rings. The molecule has 0 unspecified atom stereocenters. The van der Waals surface area contributed by atoms with Crippen LogP contribution < -0.4 is 19.7 Å². The average molecular weight is 425 g/mol. The third-order valence-corrected chi connectivity index (χ3v) is 5.59. The van der Waals surface area contributed by atoms with Crippen molar-refractivity contribution in [2.45, 2.75) is 6.04 Å². The first-order chi connectivity index (χ1) is 15.2. The number of benzene rings is 2. The second kappa shape index (κ2) is 9.80. The number of hydrogen-bond donors (Lipinski definition) is 1. The first-order valence-corrected chi connectivity index (χ1v) is 10.4. The third-order valence-electron chi connectivity index (χ3n) is 5.59. The summed E-state index contributed by atoms with van der Waals surface area (Å²) in [6.45, 7) is 3.25. The second-order valence-corrected chi connectivity index (χ2v) is 7.48. The van der Waals surface area contributed by atoms with Crippen LogP contribution in [0.2, 0.25) is 0 Å². The lowest BCUT2D eigenvalue weighted by atomic mass is 10.0. The smallest absolute Gasteiger partial charge is 0.265 e. The topological polar surface area (TPSA) is 80.3 Å². The minimum absolute atomic E-state index is 0.00596. The molecule has 1 atom stereocenters. The van der Waals surface area contributed by atoms with Crippen LogP contribution in [0.4, 0.5) is 5.69 Å². The van der Waals surface area contributed by atoms with E-state index in [4.69, 9.17) is 14.2 Å². The Balaban J connectivity index is 1.44. The van der Waals surface area contributed by atoms with Gasteiger partial charge in [-0.1, -0.05) is 24.3 Å². The number of nitrogens with one attached hydrogen (secondary N) is 1. The van der Waals surface area contributed by atoms with Gasteiger partial charge < -0.3 is 19.5 Å². The minimum atomic E-state index is -0.228. The molecule has 0 aromatic heterocycles. The van der Waals surface area contributed by atoms with Crippen molar-refractivity contribution in [3.63, 3.8) is 0 Å². The van der Waals surface area contributed by atoms with Crippen LogP contribution in [0.3, 0.4) is 0 Å². The van der Waals surface area contributed by atoms with Crippen LogP contribution in [-0.2, 0) is 14.3 Å². The monoisotopic (exact) mass is 425 g/mol. The summed E-state index contributed by atoms with van der Waals surface area (Å²) in [5.41, 5.74) is 1.71. The number of anilines is 1. The summed E-state index contributed by atoms with van der Waals surface area (Å²) in [7, 11) is 1.64. The number of fused-ring (bicyclic) bond motifs is 1. The van der Waals surface area contributed by atoms with Crippen LogP contribution in [-0.4, -0.2) is 69.8 Å². The number of methoxy groups -OCH3 is 1. The predicted octanol–water partition coefficient (Wildman–Crippen LogP) is 1.61. The maximum atomic E-state index is 12.8. The summed E-state index contributed by atoms with van der Waals surface area (Å²) in [6, 6.07) is 15.1. The molecule has 1 fully saturated rings. The number of amides is 2. The number of hydrogen-bond acceptors (Lipinski definition) is 6. The van der Waals surface area contributed by atoms with E-state index in [-0.39, 0.29) is 31.0 Å². The van der Waals surface area contributed by atoms with Crippen molar-refractivity contribution in [3.8, 4) is 11.5 Å². The highest BCUT2D eigenvalue weighted by atomic mass is 16.5. The maximum absolute atomic E-state index is 12.8. The molecule has 2 aromatic rings. The van der Waals surface area contributed by atoms with Crippen LogP contribution >= 0.6 is 0 Å². The zero-order valence-corrected chi connectivity index (χ0v) is 17.6. The molecule has 1 saturated heterocycles. The number of ether oxygens (including phenoxy) is 3. The largest absolute Gasteiger partial charge is 0.497 e. The average Bonchev–Trinajstić information content (AvgIpc) is 2.82. The van der Waals surface area contributed by atoms with E-state index >= 15 is 0 Å². The fraction of sp³-hybridized carbons (Fsp3) is 0.391. The first-order valence-electron chi connectivity index (χ1n) is 10.4. The SMILES string of the molecule is COc1ccc([C@@H](CNC(=O)CN2C(=O)COc3ccccc32)N2CCOCC2)cc1. The molecule has 2 amide bonds. The molecule has 0 radical (unpaired) electrons. The Bertz CT molecular complexity index is 912. The molecule has 8 nitrogen and oxygen atoms in total. The molecule has 0 spiro atoms. The highest BCUT2D eigenvalue weighted by Gasteiger charge is 2.28. The van der Waals surface area contributed by atoms with Gasteiger partial charge in [0.25, 0.3) is 5.91 Å². The molecule has 0 bridgehead atoms. The molecule has 164 valence electrons. The van der Waals surface area contributed by atoms with Crippen LogP contribution in [0.25, 0.3) is 0 Å². The fourth-order valence-corrected chi connectivity index (χ4v) is 3.91. The highest BCUT2D eigenvalue weighted by molar-refractivity contribution is 6.02. The number of carbonyl (C=O) groups is 2. The summed E-state index contributed by atoms with van der Waals surface area (Å²) >= 11 is 0. The van der Waals surface area contributed by atoms with E-state index in [0.717, 1.165) is 24.4 Å². The van der Waals surface area contributed by atoms with E-state index in [1.807, 2.05) is 36.4 Å². The van der Waals surface area contributed by atoms with Crippen LogP contribution in [0.1, 0.15) is 11.6 Å².